The van der Waals surface area contributed by atoms with Crippen LogP contribution in [0.5, 0.6) is 5.75 Å². The average molecular weight is 222 g/mol. The quantitative estimate of drug-likeness (QED) is 0.811. The summed E-state index contributed by atoms with van der Waals surface area (Å²) in [5.74, 6) is 1.25. The summed E-state index contributed by atoms with van der Waals surface area (Å²) in [5.41, 5.74) is 2.11. The standard InChI is InChI=1S/C11H14N2OS/c12-15-8-7-10(13-15)6-5-9-3-1-2-4-11(9)14/h1-4,12,14H,5-8H2. The van der Waals surface area contributed by atoms with Crippen LogP contribution < -0.4 is 0 Å². The molecule has 0 aromatic heterocycles. The van der Waals surface area contributed by atoms with Crippen molar-refractivity contribution in [3.63, 3.8) is 0 Å². The first-order chi connectivity index (χ1) is 7.25. The molecule has 2 rings (SSSR count). The molecule has 1 aliphatic heterocycles. The Kier molecular flexibility index (Phi) is 3.16. The Bertz CT molecular complexity index is 415. The zero-order valence-corrected chi connectivity index (χ0v) is 9.26. The lowest BCUT2D eigenvalue weighted by Crippen LogP contribution is -1.97. The topological polar surface area (TPSA) is 56.4 Å². The summed E-state index contributed by atoms with van der Waals surface area (Å²) in [4.78, 5) is 0. The largest absolute Gasteiger partial charge is 0.508 e. The molecule has 15 heavy (non-hydrogen) atoms. The number of hydrogen-bond donors (Lipinski definition) is 2. The first-order valence-corrected chi connectivity index (χ1v) is 6.36. The lowest BCUT2D eigenvalue weighted by molar-refractivity contribution is 0.468. The van der Waals surface area contributed by atoms with Gasteiger partial charge in [0.25, 0.3) is 0 Å². The Morgan fingerprint density at radius 1 is 1.33 bits per heavy atom. The van der Waals surface area contributed by atoms with E-state index in [1.807, 2.05) is 18.2 Å². The monoisotopic (exact) mass is 222 g/mol. The molecule has 0 fully saturated rings. The zero-order chi connectivity index (χ0) is 10.7. The number of aryl methyl sites for hydroxylation is 1. The van der Waals surface area contributed by atoms with Gasteiger partial charge in [-0.3, -0.25) is 4.78 Å². The van der Waals surface area contributed by atoms with Crippen molar-refractivity contribution in [1.29, 1.82) is 4.78 Å². The van der Waals surface area contributed by atoms with E-state index in [0.29, 0.717) is 5.75 Å². The Morgan fingerprint density at radius 2 is 2.13 bits per heavy atom. The van der Waals surface area contributed by atoms with Gasteiger partial charge in [-0.05, 0) is 30.9 Å². The van der Waals surface area contributed by atoms with E-state index in [9.17, 15) is 5.11 Å². The third kappa shape index (κ3) is 2.65. The van der Waals surface area contributed by atoms with Gasteiger partial charge in [-0.1, -0.05) is 18.2 Å². The zero-order valence-electron chi connectivity index (χ0n) is 8.44. The maximum Gasteiger partial charge on any atom is 0.118 e. The number of hydrogen-bond acceptors (Lipinski definition) is 2. The second kappa shape index (κ2) is 4.57. The van der Waals surface area contributed by atoms with Gasteiger partial charge in [0.15, 0.2) is 0 Å². The SMILES string of the molecule is N=S1CCC(CCc2ccccc2O)=N1. The molecule has 0 saturated carbocycles. The normalized spacial score (nSPS) is 20.3. The smallest absolute Gasteiger partial charge is 0.118 e. The van der Waals surface area contributed by atoms with E-state index < -0.39 is 10.9 Å². The van der Waals surface area contributed by atoms with Gasteiger partial charge in [0.1, 0.15) is 5.75 Å². The van der Waals surface area contributed by atoms with Gasteiger partial charge < -0.3 is 5.11 Å². The molecule has 4 heteroatoms. The summed E-state index contributed by atoms with van der Waals surface area (Å²) in [6, 6.07) is 7.40. The van der Waals surface area contributed by atoms with E-state index in [-0.39, 0.29) is 0 Å². The number of aromatic hydroxyl groups is 1. The molecule has 1 atom stereocenters. The van der Waals surface area contributed by atoms with Crippen LogP contribution in [-0.4, -0.2) is 16.6 Å². The predicted octanol–water partition coefficient (Wildman–Crippen LogP) is 2.47. The number of nitrogens with one attached hydrogen (secondary N) is 1. The number of rotatable bonds is 3. The summed E-state index contributed by atoms with van der Waals surface area (Å²) in [6.45, 7) is 0. The molecule has 0 spiro atoms. The van der Waals surface area contributed by atoms with Crippen molar-refractivity contribution in [2.45, 2.75) is 19.3 Å². The molecule has 0 aliphatic carbocycles. The number of nitrogens with zero attached hydrogens (tertiary/aromatic N) is 1. The van der Waals surface area contributed by atoms with Crippen molar-refractivity contribution in [3.05, 3.63) is 29.8 Å². The molecule has 1 aromatic rings. The summed E-state index contributed by atoms with van der Waals surface area (Å²) in [7, 11) is -0.491. The second-order valence-corrected chi connectivity index (χ2v) is 4.93. The van der Waals surface area contributed by atoms with Gasteiger partial charge in [-0.15, -0.1) is 0 Å². The van der Waals surface area contributed by atoms with Crippen LogP contribution in [0.1, 0.15) is 18.4 Å². The third-order valence-corrected chi connectivity index (χ3v) is 3.57. The van der Waals surface area contributed by atoms with E-state index in [1.165, 1.54) is 0 Å². The Labute approximate surface area is 91.9 Å². The summed E-state index contributed by atoms with van der Waals surface area (Å²) >= 11 is 0. The molecule has 1 aliphatic rings. The van der Waals surface area contributed by atoms with Gasteiger partial charge in [0.2, 0.25) is 0 Å². The van der Waals surface area contributed by atoms with Crippen LogP contribution >= 0.6 is 0 Å². The van der Waals surface area contributed by atoms with E-state index in [0.717, 1.165) is 36.3 Å². The molecule has 0 bridgehead atoms. The summed E-state index contributed by atoms with van der Waals surface area (Å²) in [5, 5.41) is 9.56. The Morgan fingerprint density at radius 3 is 2.80 bits per heavy atom. The molecular formula is C11H14N2OS. The van der Waals surface area contributed by atoms with E-state index in [2.05, 4.69) is 4.40 Å². The highest BCUT2D eigenvalue weighted by Crippen LogP contribution is 2.19. The van der Waals surface area contributed by atoms with Crippen molar-refractivity contribution < 1.29 is 5.11 Å². The van der Waals surface area contributed by atoms with E-state index >= 15 is 0 Å². The molecule has 1 aromatic carbocycles. The van der Waals surface area contributed by atoms with Gasteiger partial charge in [-0.2, -0.15) is 0 Å². The highest BCUT2D eigenvalue weighted by Gasteiger charge is 2.10. The van der Waals surface area contributed by atoms with Crippen LogP contribution in [0.2, 0.25) is 0 Å². The highest BCUT2D eigenvalue weighted by molar-refractivity contribution is 7.85. The van der Waals surface area contributed by atoms with Crippen molar-refractivity contribution in [2.75, 3.05) is 5.75 Å². The number of benzene rings is 1. The Balaban J connectivity index is 1.97. The second-order valence-electron chi connectivity index (χ2n) is 3.61. The molecular weight excluding hydrogens is 208 g/mol. The van der Waals surface area contributed by atoms with E-state index in [4.69, 9.17) is 4.78 Å². The van der Waals surface area contributed by atoms with Gasteiger partial charge >= 0.3 is 0 Å². The molecule has 0 radical (unpaired) electrons. The number of para-hydroxylation sites is 1. The van der Waals surface area contributed by atoms with Gasteiger partial charge in [-0.25, -0.2) is 4.40 Å². The molecule has 1 heterocycles. The minimum atomic E-state index is -0.491. The van der Waals surface area contributed by atoms with Gasteiger partial charge in [0.05, 0.1) is 0 Å². The Hall–Kier alpha value is -1.16. The van der Waals surface area contributed by atoms with Crippen LogP contribution in [0.4, 0.5) is 0 Å². The molecule has 2 N–H and O–H groups in total. The van der Waals surface area contributed by atoms with Crippen molar-refractivity contribution in [1.82, 2.24) is 0 Å². The number of phenols is 1. The fourth-order valence-corrected chi connectivity index (χ4v) is 2.65. The lowest BCUT2D eigenvalue weighted by atomic mass is 10.1. The summed E-state index contributed by atoms with van der Waals surface area (Å²) in [6.07, 6.45) is 2.66. The maximum atomic E-state index is 9.56. The fourth-order valence-electron chi connectivity index (χ4n) is 1.63. The van der Waals surface area contributed by atoms with Gasteiger partial charge in [0, 0.05) is 22.3 Å². The minimum absolute atomic E-state index is 0.362. The minimum Gasteiger partial charge on any atom is -0.508 e. The highest BCUT2D eigenvalue weighted by atomic mass is 32.2. The summed E-state index contributed by atoms with van der Waals surface area (Å²) < 4.78 is 11.7. The average Bonchev–Trinajstić information content (AvgIpc) is 2.63. The lowest BCUT2D eigenvalue weighted by Gasteiger charge is -2.03. The van der Waals surface area contributed by atoms with Crippen molar-refractivity contribution in [2.24, 2.45) is 4.40 Å². The van der Waals surface area contributed by atoms with Crippen LogP contribution in [-0.2, 0) is 17.3 Å². The number of phenolic OH excluding ortho intramolecular Hbond substituents is 1. The first kappa shape index (κ1) is 10.4. The van der Waals surface area contributed by atoms with Crippen molar-refractivity contribution >= 4 is 16.6 Å². The van der Waals surface area contributed by atoms with Crippen LogP contribution in [0, 0.1) is 4.78 Å². The van der Waals surface area contributed by atoms with Crippen molar-refractivity contribution in [3.8, 4) is 5.75 Å². The predicted molar refractivity (Wildman–Crippen MR) is 63.4 cm³/mol. The fraction of sp³-hybridized carbons (Fsp3) is 0.364. The molecule has 0 amide bonds. The van der Waals surface area contributed by atoms with Crippen LogP contribution in [0.3, 0.4) is 0 Å². The van der Waals surface area contributed by atoms with Crippen LogP contribution in [0.25, 0.3) is 0 Å². The third-order valence-electron chi connectivity index (χ3n) is 2.50. The van der Waals surface area contributed by atoms with E-state index in [1.54, 1.807) is 6.07 Å². The maximum absolute atomic E-state index is 9.56. The first-order valence-electron chi connectivity index (χ1n) is 5.01. The molecule has 0 saturated heterocycles. The molecule has 3 nitrogen and oxygen atoms in total. The molecule has 80 valence electrons. The molecule has 1 unspecified atom stereocenters. The van der Waals surface area contributed by atoms with Crippen LogP contribution in [0.15, 0.2) is 28.7 Å².